The highest BCUT2D eigenvalue weighted by atomic mass is 19.1. The number of allylic oxidation sites excluding steroid dienone is 1. The molecule has 1 fully saturated rings. The van der Waals surface area contributed by atoms with Crippen LogP contribution in [0, 0.1) is 0 Å². The minimum Gasteiger partial charge on any atom is -0.496 e. The van der Waals surface area contributed by atoms with Crippen LogP contribution in [0.1, 0.15) is 35.7 Å². The monoisotopic (exact) mass is 395 g/mol. The molecule has 7 nitrogen and oxygen atoms in total. The van der Waals surface area contributed by atoms with Gasteiger partial charge in [0.2, 0.25) is 0 Å². The predicted molar refractivity (Wildman–Crippen MR) is 101 cm³/mol. The van der Waals surface area contributed by atoms with Crippen LogP contribution < -0.4 is 15.8 Å². The number of ether oxygens (including phenoxy) is 2. The van der Waals surface area contributed by atoms with E-state index in [2.05, 4.69) is 17.0 Å². The summed E-state index contributed by atoms with van der Waals surface area (Å²) in [5.41, 5.74) is 4.09. The summed E-state index contributed by atoms with van der Waals surface area (Å²) >= 11 is 0. The molecule has 28 heavy (non-hydrogen) atoms. The van der Waals surface area contributed by atoms with E-state index < -0.39 is 36.6 Å². The first-order chi connectivity index (χ1) is 13.3. The van der Waals surface area contributed by atoms with Crippen molar-refractivity contribution in [2.75, 3.05) is 20.4 Å². The zero-order chi connectivity index (χ0) is 20.9. The van der Waals surface area contributed by atoms with Crippen LogP contribution in [0.5, 0.6) is 5.75 Å². The summed E-state index contributed by atoms with van der Waals surface area (Å²) < 4.78 is 37.9. The summed E-state index contributed by atoms with van der Waals surface area (Å²) in [7, 11) is 1.39. The van der Waals surface area contributed by atoms with Crippen molar-refractivity contribution in [3.63, 3.8) is 0 Å². The number of nitrogens with two attached hydrogens (primary N) is 1. The molecule has 0 unspecified atom stereocenters. The first-order valence-electron chi connectivity index (χ1n) is 8.63. The van der Waals surface area contributed by atoms with Gasteiger partial charge in [-0.2, -0.15) is 0 Å². The Balaban J connectivity index is 2.22. The molecule has 1 aromatic carbocycles. The quantitative estimate of drug-likeness (QED) is 0.495. The molecule has 0 radical (unpaired) electrons. The molecule has 2 rings (SSSR count). The van der Waals surface area contributed by atoms with Gasteiger partial charge in [0.25, 0.3) is 11.8 Å². The number of hydrogen-bond donors (Lipinski definition) is 2. The molecule has 9 heteroatoms. The van der Waals surface area contributed by atoms with Gasteiger partial charge in [-0.3, -0.25) is 19.0 Å². The molecule has 1 aromatic rings. The highest BCUT2D eigenvalue weighted by Crippen LogP contribution is 2.35. The SMILES string of the molecule is C=Nc1cc(C(N)=O)c(OC)cc1/C(=C\C)OC[C@@H]1C[C@@](F)(CCF)C(=O)N1. The first-order valence-corrected chi connectivity index (χ1v) is 8.63. The molecular weight excluding hydrogens is 372 g/mol. The number of halogens is 2. The average Bonchev–Trinajstić information content (AvgIpc) is 2.95. The van der Waals surface area contributed by atoms with Crippen LogP contribution in [0.3, 0.4) is 0 Å². The molecule has 0 spiro atoms. The van der Waals surface area contributed by atoms with Crippen molar-refractivity contribution in [1.29, 1.82) is 0 Å². The van der Waals surface area contributed by atoms with Crippen molar-refractivity contribution in [2.45, 2.75) is 31.5 Å². The lowest BCUT2D eigenvalue weighted by Crippen LogP contribution is -2.35. The van der Waals surface area contributed by atoms with E-state index in [0.717, 1.165) is 0 Å². The molecule has 0 bridgehead atoms. The van der Waals surface area contributed by atoms with Crippen LogP contribution >= 0.6 is 0 Å². The third-order valence-corrected chi connectivity index (χ3v) is 4.52. The number of nitrogens with one attached hydrogen (secondary N) is 1. The summed E-state index contributed by atoms with van der Waals surface area (Å²) in [4.78, 5) is 27.2. The van der Waals surface area contributed by atoms with Gasteiger partial charge in [-0.1, -0.05) is 0 Å². The third kappa shape index (κ3) is 4.29. The molecule has 1 saturated heterocycles. The van der Waals surface area contributed by atoms with Gasteiger partial charge in [0.15, 0.2) is 5.67 Å². The maximum absolute atomic E-state index is 14.4. The molecule has 1 aliphatic heterocycles. The van der Waals surface area contributed by atoms with Gasteiger partial charge < -0.3 is 20.5 Å². The maximum Gasteiger partial charge on any atom is 0.258 e. The summed E-state index contributed by atoms with van der Waals surface area (Å²) in [6, 6.07) is 2.36. The summed E-state index contributed by atoms with van der Waals surface area (Å²) in [6.45, 7) is 4.25. The van der Waals surface area contributed by atoms with Crippen molar-refractivity contribution in [3.8, 4) is 5.75 Å². The van der Waals surface area contributed by atoms with E-state index in [-0.39, 0.29) is 24.3 Å². The van der Waals surface area contributed by atoms with Crippen molar-refractivity contribution in [3.05, 3.63) is 29.3 Å². The summed E-state index contributed by atoms with van der Waals surface area (Å²) in [5, 5.41) is 2.48. The number of nitrogens with zero attached hydrogens (tertiary/aromatic N) is 1. The normalized spacial score (nSPS) is 21.9. The Morgan fingerprint density at radius 2 is 2.21 bits per heavy atom. The Morgan fingerprint density at radius 1 is 1.50 bits per heavy atom. The third-order valence-electron chi connectivity index (χ3n) is 4.52. The van der Waals surface area contributed by atoms with E-state index in [1.165, 1.54) is 19.2 Å². The van der Waals surface area contributed by atoms with Crippen LogP contribution in [0.25, 0.3) is 5.76 Å². The van der Waals surface area contributed by atoms with Gasteiger partial charge in [0.1, 0.15) is 18.1 Å². The Kier molecular flexibility index (Phi) is 6.71. The van der Waals surface area contributed by atoms with Gasteiger partial charge in [-0.25, -0.2) is 4.39 Å². The molecule has 1 aliphatic rings. The van der Waals surface area contributed by atoms with Crippen LogP contribution in [0.15, 0.2) is 23.2 Å². The van der Waals surface area contributed by atoms with Gasteiger partial charge >= 0.3 is 0 Å². The van der Waals surface area contributed by atoms with E-state index in [1.807, 2.05) is 0 Å². The number of carbonyl (C=O) groups excluding carboxylic acids is 2. The standard InChI is InChI=1S/C19H23F2N3O4/c1-4-15(28-10-11-9-19(21,5-6-20)18(26)24-11)12-8-16(27-3)13(17(22)25)7-14(12)23-2/h4,7-8,11H,2,5-6,9-10H2,1,3H3,(H2,22,25)(H,24,26)/b15-4+/t11-,19-/m0/s1. The topological polar surface area (TPSA) is 103 Å². The molecule has 0 saturated carbocycles. The van der Waals surface area contributed by atoms with Gasteiger partial charge in [0.05, 0.1) is 31.1 Å². The second kappa shape index (κ2) is 8.81. The zero-order valence-corrected chi connectivity index (χ0v) is 15.8. The van der Waals surface area contributed by atoms with Crippen molar-refractivity contribution >= 4 is 30.0 Å². The van der Waals surface area contributed by atoms with Crippen LogP contribution in [0.4, 0.5) is 14.5 Å². The number of rotatable bonds is 9. The number of primary amides is 1. The van der Waals surface area contributed by atoms with E-state index in [4.69, 9.17) is 15.2 Å². The summed E-state index contributed by atoms with van der Waals surface area (Å²) in [5.74, 6) is -0.913. The number of alkyl halides is 2. The zero-order valence-electron chi connectivity index (χ0n) is 15.8. The van der Waals surface area contributed by atoms with Crippen LogP contribution in [-0.4, -0.2) is 50.6 Å². The lowest BCUT2D eigenvalue weighted by atomic mass is 9.98. The molecule has 1 heterocycles. The number of benzene rings is 1. The fraction of sp³-hybridized carbons (Fsp3) is 0.421. The largest absolute Gasteiger partial charge is 0.496 e. The average molecular weight is 395 g/mol. The number of methoxy groups -OCH3 is 1. The Bertz CT molecular complexity index is 813. The number of carbonyl (C=O) groups is 2. The first kappa shape index (κ1) is 21.3. The highest BCUT2D eigenvalue weighted by Gasteiger charge is 2.47. The molecule has 2 amide bonds. The van der Waals surface area contributed by atoms with Crippen LogP contribution in [0.2, 0.25) is 0 Å². The van der Waals surface area contributed by atoms with Crippen molar-refractivity contribution in [2.24, 2.45) is 10.7 Å². The molecule has 0 aliphatic carbocycles. The second-order valence-corrected chi connectivity index (χ2v) is 6.33. The van der Waals surface area contributed by atoms with E-state index in [0.29, 0.717) is 17.0 Å². The highest BCUT2D eigenvalue weighted by molar-refractivity contribution is 5.97. The maximum atomic E-state index is 14.4. The molecule has 3 N–H and O–H groups in total. The minimum atomic E-state index is -2.22. The van der Waals surface area contributed by atoms with Gasteiger partial charge in [-0.15, -0.1) is 0 Å². The molecule has 152 valence electrons. The predicted octanol–water partition coefficient (Wildman–Crippen LogP) is 2.46. The number of amides is 2. The summed E-state index contributed by atoms with van der Waals surface area (Å²) in [6.07, 6.45) is 0.986. The fourth-order valence-corrected chi connectivity index (χ4v) is 3.08. The van der Waals surface area contributed by atoms with Gasteiger partial charge in [0, 0.05) is 18.4 Å². The molecule has 0 aromatic heterocycles. The smallest absolute Gasteiger partial charge is 0.258 e. The second-order valence-electron chi connectivity index (χ2n) is 6.33. The van der Waals surface area contributed by atoms with Crippen LogP contribution in [-0.2, 0) is 9.53 Å². The van der Waals surface area contributed by atoms with E-state index >= 15 is 0 Å². The fourth-order valence-electron chi connectivity index (χ4n) is 3.08. The van der Waals surface area contributed by atoms with E-state index in [1.54, 1.807) is 13.0 Å². The number of hydrogen-bond acceptors (Lipinski definition) is 5. The minimum absolute atomic E-state index is 0.0279. The lowest BCUT2D eigenvalue weighted by molar-refractivity contribution is -0.129. The van der Waals surface area contributed by atoms with Gasteiger partial charge in [-0.05, 0) is 31.9 Å². The Morgan fingerprint density at radius 3 is 2.75 bits per heavy atom. The molecule has 2 atom stereocenters. The van der Waals surface area contributed by atoms with E-state index in [9.17, 15) is 18.4 Å². The molecular formula is C19H23F2N3O4. The number of aliphatic imine (C=N–C) groups is 1. The Hall–Kier alpha value is -2.97. The van der Waals surface area contributed by atoms with Crippen molar-refractivity contribution in [1.82, 2.24) is 5.32 Å². The van der Waals surface area contributed by atoms with Crippen molar-refractivity contribution < 1.29 is 27.8 Å². The lowest BCUT2D eigenvalue weighted by Gasteiger charge is -2.18. The Labute approximate surface area is 161 Å².